The van der Waals surface area contributed by atoms with Crippen LogP contribution in [-0.2, 0) is 4.74 Å². The SMILES string of the molecule is CCC1(C)CC(CN)(N(C)c2ccccc2OC)CCO1. The van der Waals surface area contributed by atoms with Gasteiger partial charge in [0.15, 0.2) is 0 Å². The Morgan fingerprint density at radius 2 is 2.10 bits per heavy atom. The van der Waals surface area contributed by atoms with Gasteiger partial charge in [0.05, 0.1) is 23.9 Å². The molecule has 118 valence electrons. The molecule has 2 atom stereocenters. The first-order valence-electron chi connectivity index (χ1n) is 7.71. The topological polar surface area (TPSA) is 47.7 Å². The van der Waals surface area contributed by atoms with Crippen molar-refractivity contribution in [3.63, 3.8) is 0 Å². The van der Waals surface area contributed by atoms with Gasteiger partial charge in [-0.05, 0) is 31.9 Å². The van der Waals surface area contributed by atoms with E-state index in [1.165, 1.54) is 0 Å². The second kappa shape index (κ2) is 6.24. The molecule has 2 rings (SSSR count). The van der Waals surface area contributed by atoms with E-state index < -0.39 is 0 Å². The quantitative estimate of drug-likeness (QED) is 0.906. The van der Waals surface area contributed by atoms with Gasteiger partial charge in [-0.15, -0.1) is 0 Å². The van der Waals surface area contributed by atoms with Gasteiger partial charge >= 0.3 is 0 Å². The van der Waals surface area contributed by atoms with Gasteiger partial charge in [0, 0.05) is 26.6 Å². The highest BCUT2D eigenvalue weighted by Gasteiger charge is 2.44. The first-order chi connectivity index (χ1) is 10.0. The summed E-state index contributed by atoms with van der Waals surface area (Å²) in [5.74, 6) is 0.887. The fraction of sp³-hybridized carbons (Fsp3) is 0.647. The van der Waals surface area contributed by atoms with E-state index in [4.69, 9.17) is 15.2 Å². The molecular formula is C17H28N2O2. The molecular weight excluding hydrogens is 264 g/mol. The van der Waals surface area contributed by atoms with Gasteiger partial charge in [0.1, 0.15) is 5.75 Å². The van der Waals surface area contributed by atoms with Gasteiger partial charge in [-0.25, -0.2) is 0 Å². The maximum absolute atomic E-state index is 6.21. The molecule has 0 spiro atoms. The summed E-state index contributed by atoms with van der Waals surface area (Å²) in [6.45, 7) is 5.73. The zero-order valence-corrected chi connectivity index (χ0v) is 13.7. The van der Waals surface area contributed by atoms with Crippen LogP contribution in [0.5, 0.6) is 5.75 Å². The fourth-order valence-electron chi connectivity index (χ4n) is 3.31. The van der Waals surface area contributed by atoms with E-state index in [9.17, 15) is 0 Å². The fourth-order valence-corrected chi connectivity index (χ4v) is 3.31. The zero-order chi connectivity index (χ0) is 15.5. The first kappa shape index (κ1) is 16.1. The van der Waals surface area contributed by atoms with E-state index in [0.29, 0.717) is 6.54 Å². The van der Waals surface area contributed by atoms with E-state index in [1.54, 1.807) is 7.11 Å². The molecule has 1 aliphatic rings. The molecule has 2 unspecified atom stereocenters. The Hall–Kier alpha value is -1.26. The molecule has 0 saturated carbocycles. The Morgan fingerprint density at radius 1 is 1.38 bits per heavy atom. The number of nitrogens with zero attached hydrogens (tertiary/aromatic N) is 1. The summed E-state index contributed by atoms with van der Waals surface area (Å²) in [4.78, 5) is 2.29. The van der Waals surface area contributed by atoms with E-state index in [0.717, 1.165) is 37.3 Å². The number of hydrogen-bond donors (Lipinski definition) is 1. The van der Waals surface area contributed by atoms with Crippen LogP contribution < -0.4 is 15.4 Å². The van der Waals surface area contributed by atoms with Gasteiger partial charge in [0.2, 0.25) is 0 Å². The van der Waals surface area contributed by atoms with Crippen molar-refractivity contribution in [1.29, 1.82) is 0 Å². The smallest absolute Gasteiger partial charge is 0.142 e. The predicted octanol–water partition coefficient (Wildman–Crippen LogP) is 2.81. The lowest BCUT2D eigenvalue weighted by Gasteiger charge is -2.51. The standard InChI is InChI=1S/C17H28N2O2/c1-5-16(2)12-17(13-18,10-11-21-16)19(3)14-8-6-7-9-15(14)20-4/h6-9H,5,10-13,18H2,1-4H3. The number of rotatable bonds is 5. The second-order valence-corrected chi connectivity index (χ2v) is 6.24. The first-order valence-corrected chi connectivity index (χ1v) is 7.71. The number of ether oxygens (including phenoxy) is 2. The number of likely N-dealkylation sites (N-methyl/N-ethyl adjacent to an activating group) is 1. The minimum absolute atomic E-state index is 0.0857. The molecule has 2 N–H and O–H groups in total. The third-order valence-electron chi connectivity index (χ3n) is 5.01. The van der Waals surface area contributed by atoms with Crippen molar-refractivity contribution in [2.24, 2.45) is 5.73 Å². The Bertz CT molecular complexity index is 480. The molecule has 1 heterocycles. The van der Waals surface area contributed by atoms with E-state index >= 15 is 0 Å². The molecule has 0 radical (unpaired) electrons. The molecule has 4 heteroatoms. The number of nitrogens with two attached hydrogens (primary N) is 1. The van der Waals surface area contributed by atoms with Crippen molar-refractivity contribution in [3.8, 4) is 5.75 Å². The highest BCUT2D eigenvalue weighted by atomic mass is 16.5. The normalized spacial score (nSPS) is 29.2. The van der Waals surface area contributed by atoms with Gasteiger partial charge in [-0.1, -0.05) is 19.1 Å². The maximum Gasteiger partial charge on any atom is 0.142 e. The molecule has 0 amide bonds. The van der Waals surface area contributed by atoms with E-state index in [2.05, 4.69) is 31.9 Å². The van der Waals surface area contributed by atoms with Crippen LogP contribution >= 0.6 is 0 Å². The summed E-state index contributed by atoms with van der Waals surface area (Å²) in [6.07, 6.45) is 2.86. The molecule has 1 aromatic rings. The largest absolute Gasteiger partial charge is 0.495 e. The van der Waals surface area contributed by atoms with Crippen molar-refractivity contribution < 1.29 is 9.47 Å². The van der Waals surface area contributed by atoms with Crippen molar-refractivity contribution in [3.05, 3.63) is 24.3 Å². The number of anilines is 1. The van der Waals surface area contributed by atoms with Gasteiger partial charge in [-0.3, -0.25) is 0 Å². The lowest BCUT2D eigenvalue weighted by atomic mass is 9.78. The van der Waals surface area contributed by atoms with Crippen LogP contribution in [0.4, 0.5) is 5.69 Å². The monoisotopic (exact) mass is 292 g/mol. The van der Waals surface area contributed by atoms with Crippen LogP contribution in [0.15, 0.2) is 24.3 Å². The summed E-state index contributed by atoms with van der Waals surface area (Å²) in [5.41, 5.74) is 7.11. The number of benzene rings is 1. The highest BCUT2D eigenvalue weighted by Crippen LogP contribution is 2.41. The summed E-state index contributed by atoms with van der Waals surface area (Å²) in [6, 6.07) is 8.12. The van der Waals surface area contributed by atoms with E-state index in [-0.39, 0.29) is 11.1 Å². The molecule has 1 fully saturated rings. The van der Waals surface area contributed by atoms with E-state index in [1.807, 2.05) is 18.2 Å². The average molecular weight is 292 g/mol. The number of hydrogen-bond acceptors (Lipinski definition) is 4. The Kier molecular flexibility index (Phi) is 4.79. The lowest BCUT2D eigenvalue weighted by molar-refractivity contribution is -0.0928. The molecule has 1 saturated heterocycles. The molecule has 0 aliphatic carbocycles. The van der Waals surface area contributed by atoms with Gasteiger partial charge in [0.25, 0.3) is 0 Å². The zero-order valence-electron chi connectivity index (χ0n) is 13.7. The van der Waals surface area contributed by atoms with Gasteiger partial charge in [-0.2, -0.15) is 0 Å². The summed E-state index contributed by atoms with van der Waals surface area (Å²) in [7, 11) is 3.83. The minimum Gasteiger partial charge on any atom is -0.495 e. The maximum atomic E-state index is 6.21. The van der Waals surface area contributed by atoms with Crippen molar-refractivity contribution in [2.75, 3.05) is 32.2 Å². The second-order valence-electron chi connectivity index (χ2n) is 6.24. The minimum atomic E-state index is -0.103. The van der Waals surface area contributed by atoms with Crippen LogP contribution in [-0.4, -0.2) is 38.4 Å². The average Bonchev–Trinajstić information content (AvgIpc) is 2.54. The van der Waals surface area contributed by atoms with Crippen molar-refractivity contribution >= 4 is 5.69 Å². The van der Waals surface area contributed by atoms with Gasteiger partial charge < -0.3 is 20.1 Å². The summed E-state index contributed by atoms with van der Waals surface area (Å²) < 4.78 is 11.5. The Balaban J connectivity index is 2.35. The molecule has 4 nitrogen and oxygen atoms in total. The Morgan fingerprint density at radius 3 is 2.71 bits per heavy atom. The summed E-state index contributed by atoms with van der Waals surface area (Å²) in [5, 5.41) is 0. The molecule has 0 aromatic heterocycles. The van der Waals surface area contributed by atoms with Crippen molar-refractivity contribution in [1.82, 2.24) is 0 Å². The van der Waals surface area contributed by atoms with Crippen LogP contribution in [0, 0.1) is 0 Å². The van der Waals surface area contributed by atoms with Crippen LogP contribution in [0.2, 0.25) is 0 Å². The van der Waals surface area contributed by atoms with Crippen molar-refractivity contribution in [2.45, 2.75) is 44.2 Å². The highest BCUT2D eigenvalue weighted by molar-refractivity contribution is 5.60. The number of methoxy groups -OCH3 is 1. The summed E-state index contributed by atoms with van der Waals surface area (Å²) >= 11 is 0. The molecule has 0 bridgehead atoms. The third-order valence-corrected chi connectivity index (χ3v) is 5.01. The third kappa shape index (κ3) is 3.01. The molecule has 1 aromatic carbocycles. The predicted molar refractivity (Wildman–Crippen MR) is 87.1 cm³/mol. The lowest BCUT2D eigenvalue weighted by Crippen LogP contribution is -2.60. The number of para-hydroxylation sites is 2. The van der Waals surface area contributed by atoms with Crippen LogP contribution in [0.1, 0.15) is 33.1 Å². The molecule has 21 heavy (non-hydrogen) atoms. The van der Waals surface area contributed by atoms with Crippen LogP contribution in [0.3, 0.4) is 0 Å². The molecule has 1 aliphatic heterocycles. The van der Waals surface area contributed by atoms with Crippen LogP contribution in [0.25, 0.3) is 0 Å². The Labute approximate surface area is 128 Å².